The first-order valence-corrected chi connectivity index (χ1v) is 10.7. The topological polar surface area (TPSA) is 69.7 Å². The Morgan fingerprint density at radius 2 is 1.68 bits per heavy atom. The van der Waals surface area contributed by atoms with Crippen LogP contribution < -0.4 is 5.32 Å². The molecule has 1 unspecified atom stereocenters. The highest BCUT2D eigenvalue weighted by Crippen LogP contribution is 2.34. The number of H-pyrrole nitrogens is 1. The van der Waals surface area contributed by atoms with Crippen LogP contribution >= 0.6 is 0 Å². The summed E-state index contributed by atoms with van der Waals surface area (Å²) < 4.78 is 0. The van der Waals surface area contributed by atoms with Crippen molar-refractivity contribution in [3.8, 4) is 11.4 Å². The molecule has 0 radical (unpaired) electrons. The zero-order valence-electron chi connectivity index (χ0n) is 17.4. The van der Waals surface area contributed by atoms with E-state index in [1.54, 1.807) is 12.4 Å². The lowest BCUT2D eigenvalue weighted by Crippen LogP contribution is -2.51. The van der Waals surface area contributed by atoms with Gasteiger partial charge in [-0.25, -0.2) is 4.98 Å². The summed E-state index contributed by atoms with van der Waals surface area (Å²) in [5.41, 5.74) is 3.04. The van der Waals surface area contributed by atoms with Crippen LogP contribution in [0.4, 0.5) is 5.69 Å². The van der Waals surface area contributed by atoms with Gasteiger partial charge in [0.1, 0.15) is 5.54 Å². The van der Waals surface area contributed by atoms with Gasteiger partial charge >= 0.3 is 0 Å². The molecule has 2 aromatic heterocycles. The van der Waals surface area contributed by atoms with Gasteiger partial charge in [-0.05, 0) is 49.2 Å². The highest BCUT2D eigenvalue weighted by molar-refractivity contribution is 5.54. The van der Waals surface area contributed by atoms with Crippen molar-refractivity contribution in [3.63, 3.8) is 0 Å². The summed E-state index contributed by atoms with van der Waals surface area (Å²) in [5.74, 6) is 1.58. The number of rotatable bonds is 6. The molecule has 1 saturated heterocycles. The van der Waals surface area contributed by atoms with Crippen molar-refractivity contribution in [2.45, 2.75) is 24.9 Å². The first kappa shape index (κ1) is 19.5. The predicted molar refractivity (Wildman–Crippen MR) is 122 cm³/mol. The summed E-state index contributed by atoms with van der Waals surface area (Å²) in [7, 11) is 0. The second-order valence-electron chi connectivity index (χ2n) is 8.12. The molecule has 2 N–H and O–H groups in total. The number of hydrogen-bond donors (Lipinski definition) is 2. The van der Waals surface area contributed by atoms with Crippen molar-refractivity contribution >= 4 is 5.69 Å². The van der Waals surface area contributed by atoms with Crippen LogP contribution in [0.3, 0.4) is 0 Å². The van der Waals surface area contributed by atoms with Crippen LogP contribution in [-0.2, 0) is 12.1 Å². The Hall–Kier alpha value is -3.51. The van der Waals surface area contributed by atoms with E-state index in [-0.39, 0.29) is 5.54 Å². The number of anilines is 1. The number of piperidine rings is 1. The van der Waals surface area contributed by atoms with Gasteiger partial charge in [0.25, 0.3) is 0 Å². The minimum atomic E-state index is -0.341. The summed E-state index contributed by atoms with van der Waals surface area (Å²) in [4.78, 5) is 11.5. The summed E-state index contributed by atoms with van der Waals surface area (Å²) >= 11 is 0. The molecule has 1 aliphatic heterocycles. The van der Waals surface area contributed by atoms with E-state index in [1.165, 1.54) is 5.56 Å². The molecule has 1 aliphatic rings. The maximum Gasteiger partial charge on any atom is 0.181 e. The summed E-state index contributed by atoms with van der Waals surface area (Å²) in [6.45, 7) is 2.84. The predicted octanol–water partition coefficient (Wildman–Crippen LogP) is 4.47. The Labute approximate surface area is 182 Å². The molecule has 0 saturated carbocycles. The SMILES string of the molecule is c1ccc(CN2CCCC(Nc3ccccc3)(c3nc(-c4ccncc4)n[nH]3)C2)cc1. The van der Waals surface area contributed by atoms with Gasteiger partial charge in [0.2, 0.25) is 0 Å². The van der Waals surface area contributed by atoms with E-state index in [2.05, 4.69) is 80.0 Å². The first-order valence-electron chi connectivity index (χ1n) is 10.7. The Morgan fingerprint density at radius 3 is 2.45 bits per heavy atom. The van der Waals surface area contributed by atoms with Crippen molar-refractivity contribution in [1.29, 1.82) is 0 Å². The lowest BCUT2D eigenvalue weighted by Gasteiger charge is -2.42. The van der Waals surface area contributed by atoms with Gasteiger partial charge in [0.05, 0.1) is 0 Å². The van der Waals surface area contributed by atoms with E-state index in [0.717, 1.165) is 49.6 Å². The van der Waals surface area contributed by atoms with Gasteiger partial charge in [-0.15, -0.1) is 0 Å². The molecule has 0 bridgehead atoms. The normalized spacial score (nSPS) is 19.2. The van der Waals surface area contributed by atoms with Crippen molar-refractivity contribution < 1.29 is 0 Å². The summed E-state index contributed by atoms with van der Waals surface area (Å²) in [6, 6.07) is 24.9. The molecular weight excluding hydrogens is 384 g/mol. The molecule has 1 atom stereocenters. The van der Waals surface area contributed by atoms with E-state index in [1.807, 2.05) is 18.2 Å². The molecule has 6 heteroatoms. The molecule has 0 aliphatic carbocycles. The highest BCUT2D eigenvalue weighted by atomic mass is 15.3. The number of nitrogens with zero attached hydrogens (tertiary/aromatic N) is 4. The molecule has 0 spiro atoms. The molecule has 5 rings (SSSR count). The van der Waals surface area contributed by atoms with Crippen LogP contribution in [0.1, 0.15) is 24.2 Å². The average molecular weight is 411 g/mol. The largest absolute Gasteiger partial charge is 0.372 e. The van der Waals surface area contributed by atoms with Gasteiger partial charge in [-0.3, -0.25) is 15.0 Å². The first-order chi connectivity index (χ1) is 15.3. The average Bonchev–Trinajstić information content (AvgIpc) is 3.33. The van der Waals surface area contributed by atoms with Gasteiger partial charge in [-0.1, -0.05) is 48.5 Å². The fourth-order valence-electron chi connectivity index (χ4n) is 4.38. The van der Waals surface area contributed by atoms with Crippen LogP contribution in [0.25, 0.3) is 11.4 Å². The molecule has 1 fully saturated rings. The fraction of sp³-hybridized carbons (Fsp3) is 0.240. The second kappa shape index (κ2) is 8.70. The zero-order chi connectivity index (χ0) is 20.9. The minimum absolute atomic E-state index is 0.341. The second-order valence-corrected chi connectivity index (χ2v) is 8.12. The summed E-state index contributed by atoms with van der Waals surface area (Å²) in [5, 5.41) is 11.6. The van der Waals surface area contributed by atoms with Crippen molar-refractivity contribution in [2.24, 2.45) is 0 Å². The third kappa shape index (κ3) is 4.34. The van der Waals surface area contributed by atoms with Gasteiger partial charge < -0.3 is 5.32 Å². The maximum atomic E-state index is 4.93. The number of pyridine rings is 1. The molecule has 3 heterocycles. The molecular formula is C25H26N6. The number of hydrogen-bond acceptors (Lipinski definition) is 5. The Morgan fingerprint density at radius 1 is 0.935 bits per heavy atom. The van der Waals surface area contributed by atoms with E-state index in [9.17, 15) is 0 Å². The summed E-state index contributed by atoms with van der Waals surface area (Å²) in [6.07, 6.45) is 5.60. The van der Waals surface area contributed by atoms with Gasteiger partial charge in [-0.2, -0.15) is 5.10 Å². The molecule has 4 aromatic rings. The smallest absolute Gasteiger partial charge is 0.181 e. The monoisotopic (exact) mass is 410 g/mol. The minimum Gasteiger partial charge on any atom is -0.372 e. The standard InChI is InChI=1S/C25H26N6/c1-3-8-20(9-4-1)18-31-17-7-14-25(19-31,28-22-10-5-2-6-11-22)24-27-23(29-30-24)21-12-15-26-16-13-21/h1-6,8-13,15-16,28H,7,14,17-19H2,(H,27,29,30). The molecule has 0 amide bonds. The van der Waals surface area contributed by atoms with Crippen molar-refractivity contribution in [2.75, 3.05) is 18.4 Å². The Kier molecular flexibility index (Phi) is 5.46. The number of likely N-dealkylation sites (tertiary alicyclic amines) is 1. The lowest BCUT2D eigenvalue weighted by atomic mass is 9.87. The molecule has 2 aromatic carbocycles. The third-order valence-electron chi connectivity index (χ3n) is 5.86. The number of aromatic nitrogens is 4. The van der Waals surface area contributed by atoms with E-state index in [4.69, 9.17) is 4.98 Å². The van der Waals surface area contributed by atoms with Crippen LogP contribution in [0, 0.1) is 0 Å². The quantitative estimate of drug-likeness (QED) is 0.491. The van der Waals surface area contributed by atoms with E-state index >= 15 is 0 Å². The third-order valence-corrected chi connectivity index (χ3v) is 5.86. The van der Waals surface area contributed by atoms with E-state index in [0.29, 0.717) is 5.82 Å². The number of benzene rings is 2. The van der Waals surface area contributed by atoms with Gasteiger partial charge in [0, 0.05) is 36.7 Å². The fourth-order valence-corrected chi connectivity index (χ4v) is 4.38. The number of aromatic amines is 1. The van der Waals surface area contributed by atoms with Crippen molar-refractivity contribution in [3.05, 3.63) is 96.6 Å². The maximum absolute atomic E-state index is 4.93. The number of para-hydroxylation sites is 1. The Bertz CT molecular complexity index is 1100. The number of nitrogens with one attached hydrogen (secondary N) is 2. The van der Waals surface area contributed by atoms with Crippen molar-refractivity contribution in [1.82, 2.24) is 25.1 Å². The van der Waals surface area contributed by atoms with Crippen LogP contribution in [0.15, 0.2) is 85.2 Å². The van der Waals surface area contributed by atoms with Gasteiger partial charge in [0.15, 0.2) is 11.6 Å². The molecule has 6 nitrogen and oxygen atoms in total. The van der Waals surface area contributed by atoms with E-state index < -0.39 is 0 Å². The van der Waals surface area contributed by atoms with Crippen LogP contribution in [0.5, 0.6) is 0 Å². The lowest BCUT2D eigenvalue weighted by molar-refractivity contribution is 0.150. The molecule has 156 valence electrons. The Balaban J connectivity index is 1.47. The zero-order valence-corrected chi connectivity index (χ0v) is 17.4. The van der Waals surface area contributed by atoms with Crippen LogP contribution in [-0.4, -0.2) is 38.2 Å². The highest BCUT2D eigenvalue weighted by Gasteiger charge is 2.40. The molecule has 31 heavy (non-hydrogen) atoms. The van der Waals surface area contributed by atoms with Crippen LogP contribution in [0.2, 0.25) is 0 Å².